The molecule has 1 aromatic carbocycles. The zero-order valence-electron chi connectivity index (χ0n) is 12.0. The van der Waals surface area contributed by atoms with E-state index in [2.05, 4.69) is 6.58 Å². The van der Waals surface area contributed by atoms with Crippen molar-refractivity contribution in [3.8, 4) is 0 Å². The van der Waals surface area contributed by atoms with Crippen molar-refractivity contribution in [2.24, 2.45) is 0 Å². The maximum atomic E-state index is 12.5. The first kappa shape index (κ1) is 16.7. The van der Waals surface area contributed by atoms with Crippen molar-refractivity contribution in [3.05, 3.63) is 48.0 Å². The van der Waals surface area contributed by atoms with Gasteiger partial charge in [0, 0.05) is 6.54 Å². The summed E-state index contributed by atoms with van der Waals surface area (Å²) in [5, 5.41) is 0. The van der Waals surface area contributed by atoms with E-state index >= 15 is 0 Å². The predicted octanol–water partition coefficient (Wildman–Crippen LogP) is 1.86. The van der Waals surface area contributed by atoms with Gasteiger partial charge in [-0.05, 0) is 12.1 Å². The fraction of sp³-hybridized carbons (Fsp3) is 0.267. The second-order valence-electron chi connectivity index (χ2n) is 4.92. The van der Waals surface area contributed by atoms with E-state index in [1.165, 1.54) is 12.1 Å². The van der Waals surface area contributed by atoms with E-state index in [4.69, 9.17) is 0 Å². The standard InChI is InChI=1S/C15H13F3N2O3/c1-2-7-19(9-15(16,17)18)12(21)8-20-13(22)10-5-3-4-6-11(10)14(20)23/h2-6H,1,7-9H2. The monoisotopic (exact) mass is 326 g/mol. The Labute approximate surface area is 130 Å². The number of imide groups is 1. The van der Waals surface area contributed by atoms with E-state index < -0.39 is 37.0 Å². The van der Waals surface area contributed by atoms with Crippen molar-refractivity contribution >= 4 is 17.7 Å². The minimum atomic E-state index is -4.58. The molecule has 0 saturated carbocycles. The smallest absolute Gasteiger partial charge is 0.328 e. The number of amides is 3. The molecule has 1 aromatic rings. The molecule has 0 saturated heterocycles. The number of nitrogens with zero attached hydrogens (tertiary/aromatic N) is 2. The third-order valence-electron chi connectivity index (χ3n) is 3.24. The highest BCUT2D eigenvalue weighted by molar-refractivity contribution is 6.22. The van der Waals surface area contributed by atoms with Crippen LogP contribution in [-0.2, 0) is 4.79 Å². The quantitative estimate of drug-likeness (QED) is 0.613. The van der Waals surface area contributed by atoms with Crippen molar-refractivity contribution in [2.75, 3.05) is 19.6 Å². The Balaban J connectivity index is 2.15. The molecule has 0 aliphatic carbocycles. The lowest BCUT2D eigenvalue weighted by atomic mass is 10.1. The normalized spacial score (nSPS) is 14.0. The van der Waals surface area contributed by atoms with Crippen LogP contribution in [0.5, 0.6) is 0 Å². The highest BCUT2D eigenvalue weighted by atomic mass is 19.4. The number of carbonyl (C=O) groups is 3. The van der Waals surface area contributed by atoms with Crippen LogP contribution in [0.15, 0.2) is 36.9 Å². The molecule has 23 heavy (non-hydrogen) atoms. The van der Waals surface area contributed by atoms with Gasteiger partial charge in [0.05, 0.1) is 11.1 Å². The van der Waals surface area contributed by atoms with Crippen molar-refractivity contribution < 1.29 is 27.6 Å². The molecule has 122 valence electrons. The summed E-state index contributed by atoms with van der Waals surface area (Å²) in [6.07, 6.45) is -3.44. The van der Waals surface area contributed by atoms with Crippen LogP contribution >= 0.6 is 0 Å². The summed E-state index contributed by atoms with van der Waals surface area (Å²) in [7, 11) is 0. The Morgan fingerprint density at radius 3 is 2.13 bits per heavy atom. The van der Waals surface area contributed by atoms with Crippen LogP contribution in [0.2, 0.25) is 0 Å². The minimum absolute atomic E-state index is 0.136. The Hall–Kier alpha value is -2.64. The Morgan fingerprint density at radius 2 is 1.70 bits per heavy atom. The molecule has 0 bridgehead atoms. The highest BCUT2D eigenvalue weighted by Gasteiger charge is 2.38. The van der Waals surface area contributed by atoms with Crippen LogP contribution in [-0.4, -0.2) is 53.3 Å². The average Bonchev–Trinajstić information content (AvgIpc) is 2.71. The Kier molecular flexibility index (Phi) is 4.53. The number of fused-ring (bicyclic) bond motifs is 1. The van der Waals surface area contributed by atoms with Crippen LogP contribution in [0.1, 0.15) is 20.7 Å². The fourth-order valence-electron chi connectivity index (χ4n) is 2.24. The van der Waals surface area contributed by atoms with E-state index in [-0.39, 0.29) is 17.7 Å². The maximum Gasteiger partial charge on any atom is 0.406 e. The largest absolute Gasteiger partial charge is 0.406 e. The van der Waals surface area contributed by atoms with Gasteiger partial charge in [0.1, 0.15) is 13.1 Å². The molecule has 3 amide bonds. The maximum absolute atomic E-state index is 12.5. The summed E-state index contributed by atoms with van der Waals surface area (Å²) in [5.41, 5.74) is 0.271. The number of hydrogen-bond donors (Lipinski definition) is 0. The van der Waals surface area contributed by atoms with Gasteiger partial charge < -0.3 is 4.90 Å². The summed E-state index contributed by atoms with van der Waals surface area (Å²) in [5.74, 6) is -2.36. The minimum Gasteiger partial charge on any atom is -0.328 e. The average molecular weight is 326 g/mol. The van der Waals surface area contributed by atoms with E-state index in [1.807, 2.05) is 0 Å². The van der Waals surface area contributed by atoms with Crippen LogP contribution in [0.3, 0.4) is 0 Å². The first-order valence-corrected chi connectivity index (χ1v) is 6.65. The number of alkyl halides is 3. The van der Waals surface area contributed by atoms with Gasteiger partial charge in [0.25, 0.3) is 11.8 Å². The predicted molar refractivity (Wildman–Crippen MR) is 74.6 cm³/mol. The van der Waals surface area contributed by atoms with Crippen LogP contribution in [0.25, 0.3) is 0 Å². The molecule has 0 N–H and O–H groups in total. The van der Waals surface area contributed by atoms with Gasteiger partial charge in [-0.25, -0.2) is 0 Å². The molecular formula is C15H13F3N2O3. The van der Waals surface area contributed by atoms with E-state index in [1.54, 1.807) is 12.1 Å². The lowest BCUT2D eigenvalue weighted by Crippen LogP contribution is -2.46. The van der Waals surface area contributed by atoms with Crippen LogP contribution in [0, 0.1) is 0 Å². The zero-order valence-corrected chi connectivity index (χ0v) is 12.0. The van der Waals surface area contributed by atoms with Gasteiger partial charge in [-0.2, -0.15) is 13.2 Å². The molecule has 5 nitrogen and oxygen atoms in total. The molecule has 0 aromatic heterocycles. The van der Waals surface area contributed by atoms with Gasteiger partial charge in [0.2, 0.25) is 5.91 Å². The van der Waals surface area contributed by atoms with E-state index in [0.29, 0.717) is 9.80 Å². The Bertz CT molecular complexity index is 635. The molecule has 1 aliphatic rings. The Morgan fingerprint density at radius 1 is 1.17 bits per heavy atom. The van der Waals surface area contributed by atoms with Gasteiger partial charge in [0.15, 0.2) is 0 Å². The van der Waals surface area contributed by atoms with Gasteiger partial charge in [-0.15, -0.1) is 6.58 Å². The van der Waals surface area contributed by atoms with Crippen LogP contribution in [0.4, 0.5) is 13.2 Å². The lowest BCUT2D eigenvalue weighted by Gasteiger charge is -2.24. The number of halogens is 3. The molecule has 0 unspecified atom stereocenters. The summed E-state index contributed by atoms with van der Waals surface area (Å²) < 4.78 is 37.5. The second kappa shape index (κ2) is 6.23. The van der Waals surface area contributed by atoms with Crippen molar-refractivity contribution in [3.63, 3.8) is 0 Å². The van der Waals surface area contributed by atoms with Crippen molar-refractivity contribution in [1.29, 1.82) is 0 Å². The van der Waals surface area contributed by atoms with Crippen molar-refractivity contribution in [2.45, 2.75) is 6.18 Å². The number of hydrogen-bond acceptors (Lipinski definition) is 3. The first-order chi connectivity index (χ1) is 10.7. The molecule has 8 heteroatoms. The summed E-state index contributed by atoms with van der Waals surface area (Å²) in [4.78, 5) is 37.4. The topological polar surface area (TPSA) is 57.7 Å². The number of benzene rings is 1. The lowest BCUT2D eigenvalue weighted by molar-refractivity contribution is -0.160. The van der Waals surface area contributed by atoms with E-state index in [0.717, 1.165) is 6.08 Å². The molecule has 1 aliphatic heterocycles. The van der Waals surface area contributed by atoms with Crippen LogP contribution < -0.4 is 0 Å². The molecule has 2 rings (SSSR count). The van der Waals surface area contributed by atoms with Gasteiger partial charge in [-0.1, -0.05) is 18.2 Å². The van der Waals surface area contributed by atoms with E-state index in [9.17, 15) is 27.6 Å². The molecule has 0 radical (unpaired) electrons. The van der Waals surface area contributed by atoms with Gasteiger partial charge in [-0.3, -0.25) is 19.3 Å². The van der Waals surface area contributed by atoms with Crippen molar-refractivity contribution in [1.82, 2.24) is 9.80 Å². The summed E-state index contributed by atoms with van der Waals surface area (Å²) >= 11 is 0. The van der Waals surface area contributed by atoms with Gasteiger partial charge >= 0.3 is 6.18 Å². The SMILES string of the molecule is C=CCN(CC(F)(F)F)C(=O)CN1C(=O)c2ccccc2C1=O. The number of carbonyl (C=O) groups excluding carboxylic acids is 3. The molecule has 1 heterocycles. The molecule has 0 fully saturated rings. The summed E-state index contributed by atoms with van der Waals surface area (Å²) in [6, 6.07) is 5.97. The fourth-order valence-corrected chi connectivity index (χ4v) is 2.24. The molecule has 0 spiro atoms. The molecular weight excluding hydrogens is 313 g/mol. The zero-order chi connectivity index (χ0) is 17.2. The first-order valence-electron chi connectivity index (χ1n) is 6.65. The summed E-state index contributed by atoms with van der Waals surface area (Å²) in [6.45, 7) is 0.755. The number of rotatable bonds is 5. The molecule has 0 atom stereocenters. The second-order valence-corrected chi connectivity index (χ2v) is 4.92. The third kappa shape index (κ3) is 3.58. The highest BCUT2D eigenvalue weighted by Crippen LogP contribution is 2.23. The third-order valence-corrected chi connectivity index (χ3v) is 3.24.